The van der Waals surface area contributed by atoms with E-state index in [-0.39, 0.29) is 5.41 Å². The fourth-order valence-electron chi connectivity index (χ4n) is 9.76. The third-order valence-electron chi connectivity index (χ3n) is 12.3. The average molecular weight is 695 g/mol. The highest BCUT2D eigenvalue weighted by Gasteiger charge is 2.45. The second kappa shape index (κ2) is 15.9. The summed E-state index contributed by atoms with van der Waals surface area (Å²) in [5, 5.41) is 0. The number of nitrogens with zero attached hydrogens (tertiary/aromatic N) is 2. The van der Waals surface area contributed by atoms with Gasteiger partial charge in [0, 0.05) is 39.5 Å². The molecule has 2 fully saturated rings. The summed E-state index contributed by atoms with van der Waals surface area (Å²) in [6.07, 6.45) is 11.7. The minimum atomic E-state index is -0.0486. The van der Waals surface area contributed by atoms with Crippen LogP contribution in [-0.4, -0.2) is 0 Å². The van der Waals surface area contributed by atoms with Crippen LogP contribution in [0.25, 0.3) is 0 Å². The lowest BCUT2D eigenvalue weighted by Crippen LogP contribution is -2.42. The summed E-state index contributed by atoms with van der Waals surface area (Å²) in [6, 6.07) is 61.1. The first-order chi connectivity index (χ1) is 26.1. The SMILES string of the molecule is CC(C)C1CCCCC1(c1ccc(N(c2ccccc2)c2ccccc2)cc1)c1ccc(N(c2ccccc2)c2ccc(C3CCCCC3)cc2)cc1. The van der Waals surface area contributed by atoms with Gasteiger partial charge in [0.25, 0.3) is 0 Å². The first kappa shape index (κ1) is 35.0. The van der Waals surface area contributed by atoms with Gasteiger partial charge in [0.15, 0.2) is 0 Å². The Labute approximate surface area is 318 Å². The molecule has 2 saturated carbocycles. The van der Waals surface area contributed by atoms with Crippen molar-refractivity contribution in [2.24, 2.45) is 11.8 Å². The van der Waals surface area contributed by atoms with Crippen molar-refractivity contribution < 1.29 is 0 Å². The molecule has 2 heteroatoms. The molecule has 2 nitrogen and oxygen atoms in total. The van der Waals surface area contributed by atoms with Gasteiger partial charge in [0.2, 0.25) is 0 Å². The molecule has 2 aliphatic carbocycles. The Kier molecular flexibility index (Phi) is 10.5. The number of anilines is 6. The highest BCUT2D eigenvalue weighted by atomic mass is 15.1. The lowest BCUT2D eigenvalue weighted by Gasteiger charge is -2.48. The van der Waals surface area contributed by atoms with E-state index < -0.39 is 0 Å². The maximum absolute atomic E-state index is 2.45. The van der Waals surface area contributed by atoms with Gasteiger partial charge in [-0.2, -0.15) is 0 Å². The van der Waals surface area contributed by atoms with E-state index in [1.54, 1.807) is 0 Å². The fraction of sp³-hybridized carbons (Fsp3) is 0.294. The Bertz CT molecular complexity index is 1970. The number of para-hydroxylation sites is 3. The zero-order valence-corrected chi connectivity index (χ0v) is 31.6. The topological polar surface area (TPSA) is 6.48 Å². The molecule has 0 spiro atoms. The molecule has 0 heterocycles. The molecule has 0 radical (unpaired) electrons. The molecule has 0 aliphatic heterocycles. The molecule has 53 heavy (non-hydrogen) atoms. The van der Waals surface area contributed by atoms with Crippen molar-refractivity contribution in [2.45, 2.75) is 83.0 Å². The van der Waals surface area contributed by atoms with Gasteiger partial charge in [0.1, 0.15) is 0 Å². The second-order valence-electron chi connectivity index (χ2n) is 15.8. The van der Waals surface area contributed by atoms with Crippen LogP contribution in [-0.2, 0) is 5.41 Å². The van der Waals surface area contributed by atoms with E-state index in [0.717, 1.165) is 0 Å². The van der Waals surface area contributed by atoms with E-state index >= 15 is 0 Å². The molecule has 0 bridgehead atoms. The molecule has 0 aromatic heterocycles. The minimum Gasteiger partial charge on any atom is -0.311 e. The van der Waals surface area contributed by atoms with Crippen LogP contribution in [0.4, 0.5) is 34.1 Å². The lowest BCUT2D eigenvalue weighted by atomic mass is 9.56. The standard InChI is InChI=1S/C51H54N2/c1-39(2)50-25-15-16-38-51(50,42-28-34-48(35-29-42)52(44-19-9-4-10-20-44)45-21-11-5-12-22-45)43-30-36-49(37-31-43)53(46-23-13-6-14-24-46)47-32-26-41(27-33-47)40-17-7-3-8-18-40/h4-6,9-14,19-24,26-37,39-40,50H,3,7-8,15-18,25,38H2,1-2H3. The Balaban J connectivity index is 1.17. The van der Waals surface area contributed by atoms with Crippen LogP contribution >= 0.6 is 0 Å². The van der Waals surface area contributed by atoms with Crippen LogP contribution in [0.3, 0.4) is 0 Å². The van der Waals surface area contributed by atoms with E-state index in [0.29, 0.717) is 17.8 Å². The minimum absolute atomic E-state index is 0.0486. The van der Waals surface area contributed by atoms with Gasteiger partial charge < -0.3 is 9.80 Å². The Morgan fingerprint density at radius 3 is 1.21 bits per heavy atom. The van der Waals surface area contributed by atoms with Crippen molar-refractivity contribution in [3.8, 4) is 0 Å². The summed E-state index contributed by atoms with van der Waals surface area (Å²) >= 11 is 0. The van der Waals surface area contributed by atoms with Crippen LogP contribution in [0.5, 0.6) is 0 Å². The smallest absolute Gasteiger partial charge is 0.0461 e. The number of hydrogen-bond acceptors (Lipinski definition) is 2. The van der Waals surface area contributed by atoms with Crippen LogP contribution in [0.2, 0.25) is 0 Å². The molecule has 268 valence electrons. The summed E-state index contributed by atoms with van der Waals surface area (Å²) in [5.41, 5.74) is 11.5. The zero-order chi connectivity index (χ0) is 36.0. The molecule has 0 saturated heterocycles. The molecular weight excluding hydrogens is 641 g/mol. The van der Waals surface area contributed by atoms with E-state index in [2.05, 4.69) is 187 Å². The van der Waals surface area contributed by atoms with Crippen LogP contribution in [0.1, 0.15) is 94.2 Å². The molecule has 0 N–H and O–H groups in total. The molecule has 2 atom stereocenters. The molecule has 0 amide bonds. The summed E-state index contributed by atoms with van der Waals surface area (Å²) < 4.78 is 0. The number of hydrogen-bond donors (Lipinski definition) is 0. The molecule has 6 aromatic carbocycles. The average Bonchev–Trinajstić information content (AvgIpc) is 3.23. The molecule has 2 unspecified atom stereocenters. The number of benzene rings is 6. The van der Waals surface area contributed by atoms with Crippen molar-refractivity contribution in [3.05, 3.63) is 180 Å². The Morgan fingerprint density at radius 2 is 0.792 bits per heavy atom. The molecule has 8 rings (SSSR count). The van der Waals surface area contributed by atoms with Gasteiger partial charge in [-0.15, -0.1) is 0 Å². The highest BCUT2D eigenvalue weighted by Crippen LogP contribution is 2.52. The normalized spacial score (nSPS) is 19.2. The van der Waals surface area contributed by atoms with Gasteiger partial charge in [-0.25, -0.2) is 0 Å². The van der Waals surface area contributed by atoms with Gasteiger partial charge >= 0.3 is 0 Å². The van der Waals surface area contributed by atoms with Crippen molar-refractivity contribution in [3.63, 3.8) is 0 Å². The Morgan fingerprint density at radius 1 is 0.415 bits per heavy atom. The third kappa shape index (κ3) is 7.17. The predicted molar refractivity (Wildman–Crippen MR) is 226 cm³/mol. The quantitative estimate of drug-likeness (QED) is 0.141. The molecular formula is C51H54N2. The van der Waals surface area contributed by atoms with Crippen molar-refractivity contribution >= 4 is 34.1 Å². The van der Waals surface area contributed by atoms with Gasteiger partial charge in [0.05, 0.1) is 0 Å². The summed E-state index contributed by atoms with van der Waals surface area (Å²) in [7, 11) is 0. The van der Waals surface area contributed by atoms with Gasteiger partial charge in [-0.1, -0.05) is 137 Å². The van der Waals surface area contributed by atoms with Crippen LogP contribution in [0.15, 0.2) is 164 Å². The van der Waals surface area contributed by atoms with Crippen molar-refractivity contribution in [1.29, 1.82) is 0 Å². The predicted octanol–water partition coefficient (Wildman–Crippen LogP) is 14.8. The summed E-state index contributed by atoms with van der Waals surface area (Å²) in [5.74, 6) is 1.84. The molecule has 6 aromatic rings. The first-order valence-corrected chi connectivity index (χ1v) is 20.2. The maximum atomic E-state index is 2.45. The Hall–Kier alpha value is -5.08. The van der Waals surface area contributed by atoms with E-state index in [1.165, 1.54) is 109 Å². The second-order valence-corrected chi connectivity index (χ2v) is 15.8. The van der Waals surface area contributed by atoms with Crippen molar-refractivity contribution in [1.82, 2.24) is 0 Å². The first-order valence-electron chi connectivity index (χ1n) is 20.2. The fourth-order valence-corrected chi connectivity index (χ4v) is 9.76. The van der Waals surface area contributed by atoms with Gasteiger partial charge in [-0.05, 0) is 133 Å². The van der Waals surface area contributed by atoms with Crippen LogP contribution in [0, 0.1) is 11.8 Å². The lowest BCUT2D eigenvalue weighted by molar-refractivity contribution is 0.170. The number of rotatable bonds is 10. The zero-order valence-electron chi connectivity index (χ0n) is 31.6. The van der Waals surface area contributed by atoms with Crippen LogP contribution < -0.4 is 9.80 Å². The summed E-state index contributed by atoms with van der Waals surface area (Å²) in [4.78, 5) is 4.80. The maximum Gasteiger partial charge on any atom is 0.0461 e. The van der Waals surface area contributed by atoms with Gasteiger partial charge in [-0.3, -0.25) is 0 Å². The van der Waals surface area contributed by atoms with E-state index in [4.69, 9.17) is 0 Å². The monoisotopic (exact) mass is 694 g/mol. The largest absolute Gasteiger partial charge is 0.311 e. The highest BCUT2D eigenvalue weighted by molar-refractivity contribution is 5.78. The van der Waals surface area contributed by atoms with E-state index in [9.17, 15) is 0 Å². The third-order valence-corrected chi connectivity index (χ3v) is 12.3. The van der Waals surface area contributed by atoms with Crippen molar-refractivity contribution in [2.75, 3.05) is 9.80 Å². The van der Waals surface area contributed by atoms with E-state index in [1.807, 2.05) is 0 Å². The molecule has 2 aliphatic rings. The summed E-state index contributed by atoms with van der Waals surface area (Å²) in [6.45, 7) is 4.88.